The molecule has 0 radical (unpaired) electrons. The molecule has 24 heavy (non-hydrogen) atoms. The van der Waals surface area contributed by atoms with Gasteiger partial charge < -0.3 is 10.6 Å². The number of fused-ring (bicyclic) bond motifs is 2. The van der Waals surface area contributed by atoms with E-state index < -0.39 is 0 Å². The van der Waals surface area contributed by atoms with Gasteiger partial charge in [0.25, 0.3) is 0 Å². The number of nitrogens with zero attached hydrogens (tertiary/aromatic N) is 1. The first-order valence-corrected chi connectivity index (χ1v) is 9.56. The minimum atomic E-state index is 0. The van der Waals surface area contributed by atoms with E-state index in [1.165, 1.54) is 17.7 Å². The molecular weight excluding hydrogens is 385 g/mol. The minimum absolute atomic E-state index is 0. The van der Waals surface area contributed by atoms with E-state index in [0.29, 0.717) is 24.5 Å². The number of hydrogen-bond donors (Lipinski definition) is 2. The average Bonchev–Trinajstić information content (AvgIpc) is 3.20. The van der Waals surface area contributed by atoms with Crippen LogP contribution in [0.15, 0.2) is 22.9 Å². The lowest BCUT2D eigenvalue weighted by molar-refractivity contribution is -0.121. The fraction of sp³-hybridized carbons (Fsp3) is 0.500. The van der Waals surface area contributed by atoms with Crippen LogP contribution in [-0.2, 0) is 11.2 Å². The Morgan fingerprint density at radius 2 is 2.00 bits per heavy atom. The number of amides is 1. The van der Waals surface area contributed by atoms with Crippen molar-refractivity contribution in [1.82, 2.24) is 15.6 Å². The monoisotopic (exact) mass is 405 g/mol. The van der Waals surface area contributed by atoms with Gasteiger partial charge in [-0.3, -0.25) is 4.79 Å². The van der Waals surface area contributed by atoms with Crippen LogP contribution in [0.2, 0.25) is 0 Å². The molecule has 8 heteroatoms. The van der Waals surface area contributed by atoms with Crippen molar-refractivity contribution >= 4 is 53.4 Å². The largest absolute Gasteiger partial charge is 0.353 e. The van der Waals surface area contributed by atoms with Crippen LogP contribution in [0, 0.1) is 0 Å². The molecule has 0 spiro atoms. The molecule has 1 amide bonds. The third kappa shape index (κ3) is 4.49. The van der Waals surface area contributed by atoms with Crippen LogP contribution in [-0.4, -0.2) is 29.0 Å². The predicted octanol–water partition coefficient (Wildman–Crippen LogP) is 3.66. The summed E-state index contributed by atoms with van der Waals surface area (Å²) < 4.78 is 0. The number of piperidine rings is 1. The van der Waals surface area contributed by atoms with Crippen molar-refractivity contribution in [2.45, 2.75) is 50.2 Å². The standard InChI is InChI=1S/C16H19N3OS2.2ClH/c20-15(18-12-6-10-3-4-11(7-12)17-10)8-13-9-22-16(19-13)14-2-1-5-21-14;;/h1-2,5,9-12,17H,3-4,6-8H2,(H,18,20);2*1H. The van der Waals surface area contributed by atoms with Crippen molar-refractivity contribution in [2.75, 3.05) is 0 Å². The second kappa shape index (κ2) is 8.63. The number of thiazole rings is 1. The summed E-state index contributed by atoms with van der Waals surface area (Å²) in [5.74, 6) is 0.106. The third-order valence-electron chi connectivity index (χ3n) is 4.46. The summed E-state index contributed by atoms with van der Waals surface area (Å²) >= 11 is 3.30. The highest BCUT2D eigenvalue weighted by Gasteiger charge is 2.33. The second-order valence-electron chi connectivity index (χ2n) is 6.17. The van der Waals surface area contributed by atoms with Gasteiger partial charge >= 0.3 is 0 Å². The summed E-state index contributed by atoms with van der Waals surface area (Å²) in [7, 11) is 0. The lowest BCUT2D eigenvalue weighted by Crippen LogP contribution is -2.48. The van der Waals surface area contributed by atoms with Crippen LogP contribution >= 0.6 is 47.5 Å². The molecule has 2 aromatic heterocycles. The molecule has 4 rings (SSSR count). The van der Waals surface area contributed by atoms with Gasteiger partial charge in [-0.05, 0) is 37.1 Å². The maximum absolute atomic E-state index is 12.2. The molecule has 4 heterocycles. The Morgan fingerprint density at radius 3 is 2.67 bits per heavy atom. The van der Waals surface area contributed by atoms with Crippen molar-refractivity contribution in [3.05, 3.63) is 28.6 Å². The van der Waals surface area contributed by atoms with E-state index in [2.05, 4.69) is 27.1 Å². The van der Waals surface area contributed by atoms with Gasteiger partial charge in [0, 0.05) is 23.5 Å². The third-order valence-corrected chi connectivity index (χ3v) is 6.39. The fourth-order valence-corrected chi connectivity index (χ4v) is 5.15. The van der Waals surface area contributed by atoms with Gasteiger partial charge in [-0.2, -0.15) is 0 Å². The van der Waals surface area contributed by atoms with Crippen molar-refractivity contribution in [2.24, 2.45) is 0 Å². The van der Waals surface area contributed by atoms with Gasteiger partial charge in [0.15, 0.2) is 0 Å². The van der Waals surface area contributed by atoms with E-state index in [-0.39, 0.29) is 30.7 Å². The molecule has 2 aliphatic rings. The second-order valence-corrected chi connectivity index (χ2v) is 7.98. The Hall–Kier alpha value is -0.660. The van der Waals surface area contributed by atoms with E-state index in [4.69, 9.17) is 0 Å². The molecule has 2 aromatic rings. The number of carbonyl (C=O) groups excluding carboxylic acids is 1. The maximum Gasteiger partial charge on any atom is 0.226 e. The van der Waals surface area contributed by atoms with E-state index in [9.17, 15) is 4.79 Å². The summed E-state index contributed by atoms with van der Waals surface area (Å²) in [4.78, 5) is 18.0. The highest BCUT2D eigenvalue weighted by molar-refractivity contribution is 7.20. The first-order chi connectivity index (χ1) is 10.8. The van der Waals surface area contributed by atoms with Crippen molar-refractivity contribution in [3.8, 4) is 9.88 Å². The van der Waals surface area contributed by atoms with Crippen molar-refractivity contribution in [3.63, 3.8) is 0 Å². The highest BCUT2D eigenvalue weighted by atomic mass is 35.5. The lowest BCUT2D eigenvalue weighted by atomic mass is 9.99. The van der Waals surface area contributed by atoms with E-state index in [0.717, 1.165) is 23.5 Å². The van der Waals surface area contributed by atoms with E-state index in [1.807, 2.05) is 11.4 Å². The molecule has 2 aliphatic heterocycles. The topological polar surface area (TPSA) is 54.0 Å². The van der Waals surface area contributed by atoms with Crippen LogP contribution < -0.4 is 10.6 Å². The molecule has 2 bridgehead atoms. The lowest BCUT2D eigenvalue weighted by Gasteiger charge is -2.29. The molecule has 2 N–H and O–H groups in total. The summed E-state index contributed by atoms with van der Waals surface area (Å²) in [6.07, 6.45) is 5.04. The van der Waals surface area contributed by atoms with E-state index in [1.54, 1.807) is 22.7 Å². The van der Waals surface area contributed by atoms with Crippen LogP contribution in [0.3, 0.4) is 0 Å². The molecular formula is C16H21Cl2N3OS2. The molecule has 2 unspecified atom stereocenters. The number of thiophene rings is 1. The summed E-state index contributed by atoms with van der Waals surface area (Å²) in [5, 5.41) is 11.9. The molecule has 0 aromatic carbocycles. The minimum Gasteiger partial charge on any atom is -0.353 e. The SMILES string of the molecule is Cl.Cl.O=C(Cc1csc(-c2cccs2)n1)NC1CC2CCC(C1)N2. The fourth-order valence-electron chi connectivity index (χ4n) is 3.52. The number of hydrogen-bond acceptors (Lipinski definition) is 5. The Labute approximate surface area is 162 Å². The summed E-state index contributed by atoms with van der Waals surface area (Å²) in [6, 6.07) is 5.64. The molecule has 132 valence electrons. The number of carbonyl (C=O) groups is 1. The molecule has 2 atom stereocenters. The summed E-state index contributed by atoms with van der Waals surface area (Å²) in [5.41, 5.74) is 0.878. The van der Waals surface area contributed by atoms with Crippen LogP contribution in [0.25, 0.3) is 9.88 Å². The van der Waals surface area contributed by atoms with Gasteiger partial charge in [0.2, 0.25) is 5.91 Å². The normalized spacial score (nSPS) is 24.8. The van der Waals surface area contributed by atoms with Gasteiger partial charge in [0.05, 0.1) is 17.0 Å². The number of halogens is 2. The average molecular weight is 406 g/mol. The Bertz CT molecular complexity index is 650. The Balaban J connectivity index is 0.00000104. The molecule has 0 saturated carbocycles. The Kier molecular flexibility index (Phi) is 7.07. The highest BCUT2D eigenvalue weighted by Crippen LogP contribution is 2.28. The summed E-state index contributed by atoms with van der Waals surface area (Å²) in [6.45, 7) is 0. The first-order valence-electron chi connectivity index (χ1n) is 7.80. The van der Waals surface area contributed by atoms with Gasteiger partial charge in [0.1, 0.15) is 5.01 Å². The first kappa shape index (κ1) is 19.7. The van der Waals surface area contributed by atoms with Gasteiger partial charge in [-0.1, -0.05) is 6.07 Å². The van der Waals surface area contributed by atoms with Crippen molar-refractivity contribution < 1.29 is 4.79 Å². The van der Waals surface area contributed by atoms with Crippen LogP contribution in [0.5, 0.6) is 0 Å². The number of nitrogens with one attached hydrogen (secondary N) is 2. The van der Waals surface area contributed by atoms with Gasteiger partial charge in [-0.25, -0.2) is 4.98 Å². The van der Waals surface area contributed by atoms with Crippen LogP contribution in [0.4, 0.5) is 0 Å². The quantitative estimate of drug-likeness (QED) is 0.815. The zero-order chi connectivity index (χ0) is 14.9. The zero-order valence-corrected chi connectivity index (χ0v) is 16.3. The van der Waals surface area contributed by atoms with Crippen LogP contribution in [0.1, 0.15) is 31.4 Å². The molecule has 2 fully saturated rings. The smallest absolute Gasteiger partial charge is 0.226 e. The zero-order valence-electron chi connectivity index (χ0n) is 13.1. The number of aromatic nitrogens is 1. The number of rotatable bonds is 4. The van der Waals surface area contributed by atoms with E-state index >= 15 is 0 Å². The van der Waals surface area contributed by atoms with Crippen molar-refractivity contribution in [1.29, 1.82) is 0 Å². The molecule has 0 aliphatic carbocycles. The molecule has 4 nitrogen and oxygen atoms in total. The molecule has 2 saturated heterocycles. The van der Waals surface area contributed by atoms with Gasteiger partial charge in [-0.15, -0.1) is 47.5 Å². The predicted molar refractivity (Wildman–Crippen MR) is 105 cm³/mol. The maximum atomic E-state index is 12.2. The Morgan fingerprint density at radius 1 is 1.25 bits per heavy atom.